The Kier molecular flexibility index (Phi) is 13.6. The first-order chi connectivity index (χ1) is 14.2. The monoisotopic (exact) mass is 456 g/mol. The fourth-order valence-electron chi connectivity index (χ4n) is 2.84. The average Bonchev–Trinajstić information content (AvgIpc) is 2.69. The van der Waals surface area contributed by atoms with Crippen LogP contribution in [0, 0.1) is 45.3 Å². The molecule has 0 rings (SSSR count). The molecule has 166 valence electrons. The summed E-state index contributed by atoms with van der Waals surface area (Å²) in [7, 11) is -9.18. The first kappa shape index (κ1) is 27.8. The molecule has 0 aromatic heterocycles. The third-order valence-electron chi connectivity index (χ3n) is 4.42. The molecule has 12 heteroatoms. The molecule has 0 saturated heterocycles. The molecular formula is C18H28N6O4S2. The molecule has 0 atom stereocenters. The highest BCUT2D eigenvalue weighted by Gasteiger charge is 2.44. The van der Waals surface area contributed by atoms with E-state index in [9.17, 15) is 16.8 Å². The molecule has 0 N–H and O–H groups in total. The van der Waals surface area contributed by atoms with Gasteiger partial charge in [-0.3, -0.25) is 0 Å². The fraction of sp³-hybridized carbons (Fsp3) is 0.778. The van der Waals surface area contributed by atoms with Crippen LogP contribution >= 0.6 is 0 Å². The van der Waals surface area contributed by atoms with Gasteiger partial charge in [-0.1, -0.05) is 51.9 Å². The number of sulfonamides is 2. The smallest absolute Gasteiger partial charge is 0.211 e. The zero-order chi connectivity index (χ0) is 23.0. The van der Waals surface area contributed by atoms with Crippen LogP contribution in [0.25, 0.3) is 0 Å². The van der Waals surface area contributed by atoms with Crippen LogP contribution in [0.5, 0.6) is 0 Å². The first-order valence-corrected chi connectivity index (χ1v) is 12.7. The number of nitrogens with zero attached hydrogens (tertiary/aromatic N) is 6. The highest BCUT2D eigenvalue weighted by molar-refractivity contribution is 8.07. The third kappa shape index (κ3) is 8.65. The second-order valence-corrected chi connectivity index (χ2v) is 11.1. The van der Waals surface area contributed by atoms with Crippen LogP contribution in [-0.4, -0.2) is 56.2 Å². The quantitative estimate of drug-likeness (QED) is 0.250. The standard InChI is InChI=1S/C18H28N6O4S2/c1-2-3-4-5-6-7-8-9-18(29(25,26)23(14-10-19)15-11-20)30(27,28)24(16-12-21)17-13-22/h18H,2-9,14-17H2,1H3. The molecule has 30 heavy (non-hydrogen) atoms. The van der Waals surface area contributed by atoms with Crippen LogP contribution in [0.3, 0.4) is 0 Å². The second kappa shape index (κ2) is 14.7. The van der Waals surface area contributed by atoms with Crippen molar-refractivity contribution < 1.29 is 16.8 Å². The van der Waals surface area contributed by atoms with Crippen LogP contribution < -0.4 is 0 Å². The zero-order valence-corrected chi connectivity index (χ0v) is 18.8. The van der Waals surface area contributed by atoms with Crippen molar-refractivity contribution in [1.82, 2.24) is 8.61 Å². The summed E-state index contributed by atoms with van der Waals surface area (Å²) in [5.41, 5.74) is 0. The van der Waals surface area contributed by atoms with Crippen LogP contribution in [-0.2, 0) is 20.0 Å². The van der Waals surface area contributed by atoms with Crippen molar-refractivity contribution in [1.29, 1.82) is 21.0 Å². The topological polar surface area (TPSA) is 170 Å². The minimum atomic E-state index is -4.59. The number of unbranched alkanes of at least 4 members (excludes halogenated alkanes) is 6. The summed E-state index contributed by atoms with van der Waals surface area (Å²) in [4.78, 5) is 0. The lowest BCUT2D eigenvalue weighted by Gasteiger charge is -2.27. The average molecular weight is 457 g/mol. The molecule has 0 fully saturated rings. The van der Waals surface area contributed by atoms with Crippen molar-refractivity contribution in [2.75, 3.05) is 26.2 Å². The predicted molar refractivity (Wildman–Crippen MR) is 110 cm³/mol. The van der Waals surface area contributed by atoms with E-state index in [-0.39, 0.29) is 6.42 Å². The van der Waals surface area contributed by atoms with E-state index >= 15 is 0 Å². The third-order valence-corrected chi connectivity index (χ3v) is 9.63. The van der Waals surface area contributed by atoms with E-state index in [2.05, 4.69) is 6.92 Å². The van der Waals surface area contributed by atoms with Gasteiger partial charge in [0.1, 0.15) is 26.2 Å². The number of nitriles is 4. The Balaban J connectivity index is 5.76. The van der Waals surface area contributed by atoms with Gasteiger partial charge in [0.05, 0.1) is 24.3 Å². The highest BCUT2D eigenvalue weighted by Crippen LogP contribution is 2.24. The van der Waals surface area contributed by atoms with E-state index in [1.807, 2.05) is 0 Å². The molecular weight excluding hydrogens is 428 g/mol. The van der Waals surface area contributed by atoms with Crippen LogP contribution in [0.1, 0.15) is 58.3 Å². The number of hydrogen-bond donors (Lipinski definition) is 0. The van der Waals surface area contributed by atoms with Gasteiger partial charge in [-0.05, 0) is 6.42 Å². The van der Waals surface area contributed by atoms with Crippen molar-refractivity contribution in [3.05, 3.63) is 0 Å². The van der Waals surface area contributed by atoms with Crippen LogP contribution in [0.2, 0.25) is 0 Å². The Morgan fingerprint density at radius 2 is 0.967 bits per heavy atom. The lowest BCUT2D eigenvalue weighted by Crippen LogP contribution is -2.48. The predicted octanol–water partition coefficient (Wildman–Crippen LogP) is 1.81. The van der Waals surface area contributed by atoms with E-state index < -0.39 is 50.8 Å². The maximum absolute atomic E-state index is 13.0. The van der Waals surface area contributed by atoms with Gasteiger partial charge >= 0.3 is 0 Å². The van der Waals surface area contributed by atoms with Crippen molar-refractivity contribution in [2.45, 2.75) is 62.9 Å². The second-order valence-electron chi connectivity index (χ2n) is 6.60. The van der Waals surface area contributed by atoms with Gasteiger partial charge in [-0.2, -0.15) is 29.7 Å². The van der Waals surface area contributed by atoms with E-state index in [0.29, 0.717) is 21.5 Å². The Bertz CT molecular complexity index is 793. The largest absolute Gasteiger partial charge is 0.234 e. The SMILES string of the molecule is CCCCCCCCCC(S(=O)(=O)N(CC#N)CC#N)S(=O)(=O)N(CC#N)CC#N. The van der Waals surface area contributed by atoms with E-state index in [0.717, 1.165) is 32.1 Å². The summed E-state index contributed by atoms with van der Waals surface area (Å²) in [6, 6.07) is 6.49. The molecule has 10 nitrogen and oxygen atoms in total. The normalized spacial score (nSPS) is 11.7. The van der Waals surface area contributed by atoms with Gasteiger partial charge in [0.2, 0.25) is 20.0 Å². The summed E-state index contributed by atoms with van der Waals surface area (Å²) < 4.78 is 51.2. The van der Waals surface area contributed by atoms with Crippen LogP contribution in [0.4, 0.5) is 0 Å². The molecule has 0 heterocycles. The molecule has 0 amide bonds. The molecule has 0 radical (unpaired) electrons. The summed E-state index contributed by atoms with van der Waals surface area (Å²) in [5.74, 6) is 0. The number of hydrogen-bond acceptors (Lipinski definition) is 8. The van der Waals surface area contributed by atoms with Gasteiger partial charge in [-0.25, -0.2) is 16.8 Å². The number of rotatable bonds is 16. The molecule has 0 aromatic carbocycles. The Morgan fingerprint density at radius 3 is 1.30 bits per heavy atom. The Hall–Kier alpha value is -2.22. The summed E-state index contributed by atoms with van der Waals surface area (Å²) in [6.45, 7) is -0.599. The maximum Gasteiger partial charge on any atom is 0.234 e. The van der Waals surface area contributed by atoms with Gasteiger partial charge in [0, 0.05) is 0 Å². The summed E-state index contributed by atoms with van der Waals surface area (Å²) in [5, 5.41) is 35.6. The first-order valence-electron chi connectivity index (χ1n) is 9.69. The van der Waals surface area contributed by atoms with Crippen molar-refractivity contribution >= 4 is 20.0 Å². The maximum atomic E-state index is 13.0. The molecule has 0 spiro atoms. The summed E-state index contributed by atoms with van der Waals surface area (Å²) >= 11 is 0. The highest BCUT2D eigenvalue weighted by atomic mass is 32.3. The van der Waals surface area contributed by atoms with E-state index in [1.165, 1.54) is 0 Å². The Labute approximate surface area is 180 Å². The summed E-state index contributed by atoms with van der Waals surface area (Å²) in [6.07, 6.45) is 5.69. The van der Waals surface area contributed by atoms with Gasteiger partial charge in [0.15, 0.2) is 4.58 Å². The van der Waals surface area contributed by atoms with Crippen LogP contribution in [0.15, 0.2) is 0 Å². The Morgan fingerprint density at radius 1 is 0.633 bits per heavy atom. The lowest BCUT2D eigenvalue weighted by molar-refractivity contribution is 0.448. The molecule has 0 unspecified atom stereocenters. The van der Waals surface area contributed by atoms with Crippen molar-refractivity contribution in [3.63, 3.8) is 0 Å². The lowest BCUT2D eigenvalue weighted by atomic mass is 10.1. The van der Waals surface area contributed by atoms with Gasteiger partial charge in [0.25, 0.3) is 0 Å². The minimum absolute atomic E-state index is 0.251. The van der Waals surface area contributed by atoms with E-state index in [1.54, 1.807) is 24.3 Å². The molecule has 0 aliphatic carbocycles. The van der Waals surface area contributed by atoms with Gasteiger partial charge in [-0.15, -0.1) is 0 Å². The van der Waals surface area contributed by atoms with E-state index in [4.69, 9.17) is 21.0 Å². The minimum Gasteiger partial charge on any atom is -0.211 e. The molecule has 0 aromatic rings. The van der Waals surface area contributed by atoms with Crippen molar-refractivity contribution in [2.24, 2.45) is 0 Å². The molecule has 0 bridgehead atoms. The molecule has 0 aliphatic rings. The van der Waals surface area contributed by atoms with Gasteiger partial charge < -0.3 is 0 Å². The van der Waals surface area contributed by atoms with Crippen molar-refractivity contribution in [3.8, 4) is 24.3 Å². The molecule has 0 aliphatic heterocycles. The zero-order valence-electron chi connectivity index (χ0n) is 17.2. The fourth-order valence-corrected chi connectivity index (χ4v) is 7.34. The molecule has 0 saturated carbocycles.